The molecular formula is C18H34CaO4. The summed E-state index contributed by atoms with van der Waals surface area (Å²) in [6.07, 6.45) is 16.9. The first-order valence-electron chi connectivity index (χ1n) is 8.74. The number of esters is 1. The van der Waals surface area contributed by atoms with E-state index in [1.54, 1.807) is 0 Å². The zero-order valence-electron chi connectivity index (χ0n) is 16.7. The van der Waals surface area contributed by atoms with Crippen molar-refractivity contribution >= 4 is 49.7 Å². The number of hydrogen-bond acceptors (Lipinski definition) is 3. The van der Waals surface area contributed by atoms with Crippen LogP contribution in [-0.4, -0.2) is 61.4 Å². The monoisotopic (exact) mass is 354 g/mol. The van der Waals surface area contributed by atoms with Gasteiger partial charge >= 0.3 is 49.7 Å². The van der Waals surface area contributed by atoms with E-state index in [1.165, 1.54) is 64.2 Å². The summed E-state index contributed by atoms with van der Waals surface area (Å²) in [6.45, 7) is 2.62. The number of unbranched alkanes of at least 4 members (excludes halogenated alkanes) is 11. The minimum absolute atomic E-state index is 0. The van der Waals surface area contributed by atoms with Crippen LogP contribution in [0.25, 0.3) is 0 Å². The maximum Gasteiger partial charge on any atom is 2.00 e. The van der Waals surface area contributed by atoms with Crippen LogP contribution in [0.4, 0.5) is 0 Å². The summed E-state index contributed by atoms with van der Waals surface area (Å²) in [7, 11) is 0. The van der Waals surface area contributed by atoms with Gasteiger partial charge in [-0.25, -0.2) is 9.59 Å². The number of carbonyl (C=O) groups is 2. The zero-order chi connectivity index (χ0) is 16.5. The molecule has 0 spiro atoms. The van der Waals surface area contributed by atoms with Crippen molar-refractivity contribution < 1.29 is 22.3 Å². The molecule has 4 nitrogen and oxygen atoms in total. The van der Waals surface area contributed by atoms with E-state index in [2.05, 4.69) is 6.92 Å². The van der Waals surface area contributed by atoms with Crippen LogP contribution in [0.3, 0.4) is 0 Å². The first kappa shape index (κ1) is 25.2. The Labute approximate surface area is 174 Å². The van der Waals surface area contributed by atoms with Gasteiger partial charge in [0, 0.05) is 12.2 Å². The standard InChI is InChI=1S/C18H32O4.Ca.2H/c1-2-3-4-5-6-7-8-9-10-11-12-13-16-22-18(21)15-14-17(19)20;;;/h14-15H,2-13,16H2,1H3,(H,19,20);;;/q;+2;2*-1. The largest absolute Gasteiger partial charge is 2.00 e. The molecule has 0 aliphatic carbocycles. The maximum absolute atomic E-state index is 11.1. The van der Waals surface area contributed by atoms with Gasteiger partial charge in [0.25, 0.3) is 0 Å². The summed E-state index contributed by atoms with van der Waals surface area (Å²) in [6, 6.07) is 0. The molecule has 0 amide bonds. The third kappa shape index (κ3) is 21.9. The number of aliphatic carboxylic acids is 1. The molecule has 0 saturated carbocycles. The Bertz CT molecular complexity index is 326. The second-order valence-electron chi connectivity index (χ2n) is 5.73. The molecule has 0 heterocycles. The molecule has 132 valence electrons. The Hall–Kier alpha value is -0.0603. The number of carboxylic acids is 1. The second kappa shape index (κ2) is 20.0. The van der Waals surface area contributed by atoms with Crippen LogP contribution >= 0.6 is 0 Å². The van der Waals surface area contributed by atoms with E-state index in [0.717, 1.165) is 25.0 Å². The van der Waals surface area contributed by atoms with Gasteiger partial charge in [-0.1, -0.05) is 77.6 Å². The van der Waals surface area contributed by atoms with E-state index in [0.29, 0.717) is 6.61 Å². The van der Waals surface area contributed by atoms with Crippen molar-refractivity contribution in [3.05, 3.63) is 12.2 Å². The quantitative estimate of drug-likeness (QED) is 0.200. The minimum Gasteiger partial charge on any atom is -1.00 e. The maximum atomic E-state index is 11.1. The van der Waals surface area contributed by atoms with Crippen LogP contribution in [0.2, 0.25) is 0 Å². The van der Waals surface area contributed by atoms with Crippen molar-refractivity contribution in [1.29, 1.82) is 0 Å². The molecule has 5 heteroatoms. The Balaban J connectivity index is -0.000000735. The smallest absolute Gasteiger partial charge is 1.00 e. The van der Waals surface area contributed by atoms with Gasteiger partial charge in [-0.15, -0.1) is 0 Å². The fourth-order valence-corrected chi connectivity index (χ4v) is 2.30. The van der Waals surface area contributed by atoms with Gasteiger partial charge in [0.05, 0.1) is 6.61 Å². The average Bonchev–Trinajstić information content (AvgIpc) is 2.49. The second-order valence-corrected chi connectivity index (χ2v) is 5.73. The first-order valence-corrected chi connectivity index (χ1v) is 8.74. The molecule has 0 fully saturated rings. The first-order chi connectivity index (χ1) is 10.7. The van der Waals surface area contributed by atoms with Gasteiger partial charge < -0.3 is 12.7 Å². The topological polar surface area (TPSA) is 63.6 Å². The molecule has 0 saturated heterocycles. The number of carboxylic acid groups (broad SMARTS) is 1. The van der Waals surface area contributed by atoms with E-state index in [1.807, 2.05) is 0 Å². The summed E-state index contributed by atoms with van der Waals surface area (Å²) in [5.74, 6) is -1.72. The van der Waals surface area contributed by atoms with Gasteiger partial charge in [0.1, 0.15) is 0 Å². The molecule has 0 unspecified atom stereocenters. The van der Waals surface area contributed by atoms with E-state index >= 15 is 0 Å². The fourth-order valence-electron chi connectivity index (χ4n) is 2.30. The molecule has 0 aliphatic rings. The molecule has 0 aromatic heterocycles. The Morgan fingerprint density at radius 2 is 1.26 bits per heavy atom. The molecule has 1 N–H and O–H groups in total. The van der Waals surface area contributed by atoms with Crippen molar-refractivity contribution in [3.63, 3.8) is 0 Å². The zero-order valence-corrected chi connectivity index (χ0v) is 16.9. The summed E-state index contributed by atoms with van der Waals surface area (Å²) in [5, 5.41) is 8.35. The van der Waals surface area contributed by atoms with Crippen molar-refractivity contribution in [3.8, 4) is 0 Å². The van der Waals surface area contributed by atoms with Crippen molar-refractivity contribution in [2.24, 2.45) is 0 Å². The van der Waals surface area contributed by atoms with E-state index < -0.39 is 11.9 Å². The van der Waals surface area contributed by atoms with Gasteiger partial charge in [0.2, 0.25) is 0 Å². The van der Waals surface area contributed by atoms with E-state index in [-0.39, 0.29) is 40.6 Å². The number of ether oxygens (including phenoxy) is 1. The van der Waals surface area contributed by atoms with Crippen molar-refractivity contribution in [2.75, 3.05) is 6.61 Å². The molecular weight excluding hydrogens is 320 g/mol. The van der Waals surface area contributed by atoms with Gasteiger partial charge in [-0.3, -0.25) is 0 Å². The predicted molar refractivity (Wildman–Crippen MR) is 96.8 cm³/mol. The molecule has 0 aliphatic heterocycles. The van der Waals surface area contributed by atoms with E-state index in [9.17, 15) is 9.59 Å². The van der Waals surface area contributed by atoms with Crippen molar-refractivity contribution in [2.45, 2.75) is 84.0 Å². The summed E-state index contributed by atoms with van der Waals surface area (Å²) in [5.41, 5.74) is 0. The third-order valence-electron chi connectivity index (χ3n) is 3.60. The Morgan fingerprint density at radius 3 is 1.70 bits per heavy atom. The Morgan fingerprint density at radius 1 is 0.826 bits per heavy atom. The molecule has 0 atom stereocenters. The molecule has 0 aromatic carbocycles. The summed E-state index contributed by atoms with van der Waals surface area (Å²) < 4.78 is 4.90. The molecule has 0 bridgehead atoms. The van der Waals surface area contributed by atoms with Crippen LogP contribution in [0.15, 0.2) is 12.2 Å². The molecule has 0 aromatic rings. The number of hydrogen-bond donors (Lipinski definition) is 1. The normalized spacial score (nSPS) is 10.5. The van der Waals surface area contributed by atoms with E-state index in [4.69, 9.17) is 9.84 Å². The van der Waals surface area contributed by atoms with Crippen molar-refractivity contribution in [1.82, 2.24) is 0 Å². The average molecular weight is 355 g/mol. The SMILES string of the molecule is CCCCCCCCCCCCCCOC(=O)C=CC(=O)O.[Ca+2].[H-].[H-]. The van der Waals surface area contributed by atoms with Crippen LogP contribution in [0, 0.1) is 0 Å². The fraction of sp³-hybridized carbons (Fsp3) is 0.778. The van der Waals surface area contributed by atoms with Crippen LogP contribution in [-0.2, 0) is 14.3 Å². The third-order valence-corrected chi connectivity index (χ3v) is 3.60. The van der Waals surface area contributed by atoms with Crippen LogP contribution in [0.5, 0.6) is 0 Å². The number of rotatable bonds is 15. The van der Waals surface area contributed by atoms with Gasteiger partial charge in [-0.05, 0) is 6.42 Å². The van der Waals surface area contributed by atoms with Gasteiger partial charge in [-0.2, -0.15) is 0 Å². The van der Waals surface area contributed by atoms with Crippen LogP contribution < -0.4 is 0 Å². The summed E-state index contributed by atoms with van der Waals surface area (Å²) in [4.78, 5) is 21.3. The van der Waals surface area contributed by atoms with Gasteiger partial charge in [0.15, 0.2) is 0 Å². The molecule has 0 radical (unpaired) electrons. The molecule has 0 rings (SSSR count). The Kier molecular flexibility index (Phi) is 21.9. The predicted octanol–water partition coefficient (Wildman–Crippen LogP) is 4.72. The summed E-state index contributed by atoms with van der Waals surface area (Å²) >= 11 is 0. The number of carbonyl (C=O) groups excluding carboxylic acids is 1. The molecule has 23 heavy (non-hydrogen) atoms. The van der Waals surface area contributed by atoms with Crippen LogP contribution in [0.1, 0.15) is 86.8 Å². The minimum atomic E-state index is -1.14.